The molecule has 0 saturated heterocycles. The van der Waals surface area contributed by atoms with Crippen molar-refractivity contribution in [3.8, 4) is 5.75 Å². The predicted molar refractivity (Wildman–Crippen MR) is 70.2 cm³/mol. The summed E-state index contributed by atoms with van der Waals surface area (Å²) in [6.07, 6.45) is 0. The summed E-state index contributed by atoms with van der Waals surface area (Å²) in [6.45, 7) is 0. The van der Waals surface area contributed by atoms with Crippen LogP contribution in [0.4, 0.5) is 0 Å². The van der Waals surface area contributed by atoms with E-state index in [0.29, 0.717) is 9.50 Å². The predicted octanol–water partition coefficient (Wildman–Crippen LogP) is 4.44. The second-order valence-corrected chi connectivity index (χ2v) is 4.85. The maximum atomic E-state index is 9.79. The van der Waals surface area contributed by atoms with Gasteiger partial charge in [0.1, 0.15) is 5.75 Å². The Labute approximate surface area is 105 Å². The van der Waals surface area contributed by atoms with Gasteiger partial charge in [0.05, 0.1) is 9.50 Å². The number of hydrogen-bond donors (Lipinski definition) is 2. The monoisotopic (exact) mass is 295 g/mol. The molecule has 0 radical (unpaired) electrons. The van der Waals surface area contributed by atoms with Crippen LogP contribution in [0, 0.1) is 0 Å². The van der Waals surface area contributed by atoms with Crippen LogP contribution in [0.3, 0.4) is 0 Å². The molecule has 4 heteroatoms. The van der Waals surface area contributed by atoms with Gasteiger partial charge in [0, 0.05) is 21.8 Å². The van der Waals surface area contributed by atoms with Gasteiger partial charge in [-0.05, 0) is 28.1 Å². The molecule has 0 aliphatic carbocycles. The van der Waals surface area contributed by atoms with E-state index in [1.807, 2.05) is 30.3 Å². The Balaban J connectivity index is 2.62. The molecule has 0 aliphatic heterocycles. The van der Waals surface area contributed by atoms with Crippen LogP contribution in [0.2, 0.25) is 5.02 Å². The van der Waals surface area contributed by atoms with E-state index in [-0.39, 0.29) is 5.75 Å². The van der Waals surface area contributed by atoms with Gasteiger partial charge in [-0.3, -0.25) is 0 Å². The number of nitrogens with one attached hydrogen (secondary N) is 1. The number of aromatic nitrogens is 1. The second-order valence-electron chi connectivity index (χ2n) is 3.61. The normalized spacial score (nSPS) is 11.4. The fourth-order valence-electron chi connectivity index (χ4n) is 1.93. The molecule has 0 saturated carbocycles. The maximum Gasteiger partial charge on any atom is 0.149 e. The number of H-pyrrole nitrogens is 1. The van der Waals surface area contributed by atoms with Gasteiger partial charge in [0.25, 0.3) is 0 Å². The lowest BCUT2D eigenvalue weighted by molar-refractivity contribution is 0.473. The zero-order chi connectivity index (χ0) is 11.3. The molecule has 80 valence electrons. The van der Waals surface area contributed by atoms with Crippen LogP contribution in [0.1, 0.15) is 0 Å². The van der Waals surface area contributed by atoms with Crippen molar-refractivity contribution in [2.24, 2.45) is 0 Å². The van der Waals surface area contributed by atoms with E-state index in [0.717, 1.165) is 21.8 Å². The molecule has 2 N–H and O–H groups in total. The number of para-hydroxylation sites is 1. The molecule has 0 unspecified atom stereocenters. The number of benzene rings is 2. The minimum Gasteiger partial charge on any atom is -0.505 e. The largest absolute Gasteiger partial charge is 0.505 e. The Hall–Kier alpha value is -1.19. The molecule has 0 bridgehead atoms. The number of halogens is 2. The summed E-state index contributed by atoms with van der Waals surface area (Å²) in [7, 11) is 0. The molecular formula is C12H7BrClNO. The number of phenols is 1. The van der Waals surface area contributed by atoms with Crippen molar-refractivity contribution in [1.82, 2.24) is 4.98 Å². The molecule has 0 spiro atoms. The fourth-order valence-corrected chi connectivity index (χ4v) is 2.77. The first-order valence-electron chi connectivity index (χ1n) is 4.76. The highest BCUT2D eigenvalue weighted by Crippen LogP contribution is 2.41. The summed E-state index contributed by atoms with van der Waals surface area (Å²) in [5, 5.41) is 12.0. The molecule has 3 aromatic rings. The quantitative estimate of drug-likeness (QED) is 0.632. The summed E-state index contributed by atoms with van der Waals surface area (Å²) in [5.74, 6) is 0.0823. The van der Waals surface area contributed by atoms with E-state index in [2.05, 4.69) is 20.9 Å². The zero-order valence-corrected chi connectivity index (χ0v) is 10.4. The Bertz CT molecular complexity index is 705. The van der Waals surface area contributed by atoms with Crippen LogP contribution in [0.15, 0.2) is 34.8 Å². The third-order valence-electron chi connectivity index (χ3n) is 2.66. The molecule has 1 aromatic heterocycles. The highest BCUT2D eigenvalue weighted by Gasteiger charge is 2.13. The Kier molecular flexibility index (Phi) is 2.13. The van der Waals surface area contributed by atoms with Crippen molar-refractivity contribution in [2.75, 3.05) is 0 Å². The fraction of sp³-hybridized carbons (Fsp3) is 0. The van der Waals surface area contributed by atoms with E-state index < -0.39 is 0 Å². The molecule has 0 amide bonds. The number of phenolic OH excluding ortho intramolecular Hbond substituents is 1. The number of hydrogen-bond acceptors (Lipinski definition) is 1. The van der Waals surface area contributed by atoms with Crippen molar-refractivity contribution >= 4 is 49.3 Å². The minimum atomic E-state index is 0.0823. The smallest absolute Gasteiger partial charge is 0.149 e. The van der Waals surface area contributed by atoms with Gasteiger partial charge in [-0.15, -0.1) is 0 Å². The first kappa shape index (κ1) is 10.00. The van der Waals surface area contributed by atoms with E-state index in [9.17, 15) is 5.11 Å². The zero-order valence-electron chi connectivity index (χ0n) is 8.09. The van der Waals surface area contributed by atoms with Crippen molar-refractivity contribution in [3.05, 3.63) is 39.8 Å². The number of fused-ring (bicyclic) bond motifs is 3. The lowest BCUT2D eigenvalue weighted by Crippen LogP contribution is -1.75. The minimum absolute atomic E-state index is 0.0823. The average Bonchev–Trinajstić information content (AvgIpc) is 2.64. The second kappa shape index (κ2) is 3.40. The summed E-state index contributed by atoms with van der Waals surface area (Å²) in [4.78, 5) is 3.26. The van der Waals surface area contributed by atoms with E-state index >= 15 is 0 Å². The summed E-state index contributed by atoms with van der Waals surface area (Å²) in [6, 6.07) is 9.70. The molecule has 16 heavy (non-hydrogen) atoms. The third-order valence-corrected chi connectivity index (χ3v) is 3.63. The van der Waals surface area contributed by atoms with Crippen molar-refractivity contribution in [2.45, 2.75) is 0 Å². The van der Waals surface area contributed by atoms with E-state index in [4.69, 9.17) is 11.6 Å². The van der Waals surface area contributed by atoms with Crippen LogP contribution in [0.5, 0.6) is 5.75 Å². The summed E-state index contributed by atoms with van der Waals surface area (Å²) in [5.41, 5.74) is 1.92. The van der Waals surface area contributed by atoms with E-state index in [1.54, 1.807) is 0 Å². The lowest BCUT2D eigenvalue weighted by atomic mass is 10.1. The van der Waals surface area contributed by atoms with Crippen LogP contribution in [-0.4, -0.2) is 10.1 Å². The number of aromatic amines is 1. The van der Waals surface area contributed by atoms with Gasteiger partial charge in [-0.2, -0.15) is 0 Å². The van der Waals surface area contributed by atoms with Crippen LogP contribution >= 0.6 is 27.5 Å². The molecule has 0 fully saturated rings. The lowest BCUT2D eigenvalue weighted by Gasteiger charge is -2.01. The Morgan fingerprint density at radius 2 is 1.94 bits per heavy atom. The average molecular weight is 297 g/mol. The SMILES string of the molecule is Oc1c(Br)cc2[nH]c3ccccc3c2c1Cl. The first-order chi connectivity index (χ1) is 7.68. The van der Waals surface area contributed by atoms with Gasteiger partial charge < -0.3 is 10.1 Å². The molecule has 0 atom stereocenters. The molecular weight excluding hydrogens is 289 g/mol. The van der Waals surface area contributed by atoms with Crippen molar-refractivity contribution in [1.29, 1.82) is 0 Å². The maximum absolute atomic E-state index is 9.79. The topological polar surface area (TPSA) is 36.0 Å². The highest BCUT2D eigenvalue weighted by atomic mass is 79.9. The van der Waals surface area contributed by atoms with Gasteiger partial charge in [0.2, 0.25) is 0 Å². The van der Waals surface area contributed by atoms with Crippen LogP contribution < -0.4 is 0 Å². The van der Waals surface area contributed by atoms with Crippen LogP contribution in [0.25, 0.3) is 21.8 Å². The number of rotatable bonds is 0. The van der Waals surface area contributed by atoms with Gasteiger partial charge in [-0.25, -0.2) is 0 Å². The van der Waals surface area contributed by atoms with Gasteiger partial charge in [-0.1, -0.05) is 29.8 Å². The first-order valence-corrected chi connectivity index (χ1v) is 5.93. The van der Waals surface area contributed by atoms with Gasteiger partial charge >= 0.3 is 0 Å². The molecule has 1 heterocycles. The van der Waals surface area contributed by atoms with E-state index in [1.165, 1.54) is 0 Å². The molecule has 0 aliphatic rings. The molecule has 2 aromatic carbocycles. The third kappa shape index (κ3) is 1.25. The van der Waals surface area contributed by atoms with Crippen molar-refractivity contribution in [3.63, 3.8) is 0 Å². The van der Waals surface area contributed by atoms with Crippen molar-refractivity contribution < 1.29 is 5.11 Å². The summed E-state index contributed by atoms with van der Waals surface area (Å²) >= 11 is 9.42. The standard InChI is InChI=1S/C12H7BrClNO/c13-7-5-9-10(11(14)12(7)16)6-3-1-2-4-8(6)15-9/h1-5,15-16H. The highest BCUT2D eigenvalue weighted by molar-refractivity contribution is 9.10. The Morgan fingerprint density at radius 1 is 1.19 bits per heavy atom. The summed E-state index contributed by atoms with van der Waals surface area (Å²) < 4.78 is 0.594. The molecule has 2 nitrogen and oxygen atoms in total. The van der Waals surface area contributed by atoms with Crippen LogP contribution in [-0.2, 0) is 0 Å². The van der Waals surface area contributed by atoms with Gasteiger partial charge in [0.15, 0.2) is 0 Å². The Morgan fingerprint density at radius 3 is 2.75 bits per heavy atom. The number of aromatic hydroxyl groups is 1. The molecule has 3 rings (SSSR count).